The molecule has 4 heteroatoms. The molecule has 0 aliphatic heterocycles. The predicted octanol–water partition coefficient (Wildman–Crippen LogP) is 1.37. The van der Waals surface area contributed by atoms with Gasteiger partial charge in [0, 0.05) is 5.56 Å². The number of esters is 1. The molecular weight excluding hydrogens is 206 g/mol. The Bertz CT molecular complexity index is 362. The molecule has 0 saturated carbocycles. The van der Waals surface area contributed by atoms with E-state index in [1.807, 2.05) is 6.07 Å². The van der Waals surface area contributed by atoms with Crippen molar-refractivity contribution in [2.75, 3.05) is 6.61 Å². The summed E-state index contributed by atoms with van der Waals surface area (Å²) in [6.45, 7) is 3.63. The van der Waals surface area contributed by atoms with Gasteiger partial charge in [0.1, 0.15) is 6.04 Å². The molecule has 0 aliphatic carbocycles. The second kappa shape index (κ2) is 5.90. The van der Waals surface area contributed by atoms with Gasteiger partial charge in [0.2, 0.25) is 0 Å². The van der Waals surface area contributed by atoms with E-state index in [9.17, 15) is 9.59 Å². The minimum atomic E-state index is -0.632. The predicted molar refractivity (Wildman–Crippen MR) is 60.0 cm³/mol. The Balaban J connectivity index is 2.55. The first kappa shape index (κ1) is 12.2. The molecule has 1 N–H and O–H groups in total. The average Bonchev–Trinajstić information content (AvgIpc) is 2.30. The normalized spacial score (nSPS) is 11.6. The molecule has 1 amide bonds. The van der Waals surface area contributed by atoms with Crippen molar-refractivity contribution >= 4 is 11.9 Å². The topological polar surface area (TPSA) is 55.4 Å². The zero-order valence-corrected chi connectivity index (χ0v) is 9.40. The number of carbonyl (C=O) groups is 2. The lowest BCUT2D eigenvalue weighted by molar-refractivity contribution is -0.144. The van der Waals surface area contributed by atoms with Crippen LogP contribution in [0.5, 0.6) is 0 Å². The van der Waals surface area contributed by atoms with Crippen molar-refractivity contribution in [3.8, 4) is 0 Å². The average molecular weight is 221 g/mol. The van der Waals surface area contributed by atoms with Crippen LogP contribution >= 0.6 is 0 Å². The molecule has 86 valence electrons. The van der Waals surface area contributed by atoms with E-state index >= 15 is 0 Å². The Morgan fingerprint density at radius 3 is 2.50 bits per heavy atom. The van der Waals surface area contributed by atoms with Gasteiger partial charge in [-0.15, -0.1) is 0 Å². The molecule has 0 saturated heterocycles. The zero-order valence-electron chi connectivity index (χ0n) is 9.40. The van der Waals surface area contributed by atoms with E-state index in [0.29, 0.717) is 12.2 Å². The van der Waals surface area contributed by atoms with Crippen LogP contribution in [0.3, 0.4) is 0 Å². The van der Waals surface area contributed by atoms with Gasteiger partial charge >= 0.3 is 5.97 Å². The number of rotatable bonds is 4. The van der Waals surface area contributed by atoms with Crippen LogP contribution in [0.25, 0.3) is 0 Å². The van der Waals surface area contributed by atoms with E-state index in [4.69, 9.17) is 4.74 Å². The molecule has 4 nitrogen and oxygen atoms in total. The summed E-state index contributed by atoms with van der Waals surface area (Å²) in [5.41, 5.74) is 0.527. The fraction of sp³-hybridized carbons (Fsp3) is 0.333. The van der Waals surface area contributed by atoms with E-state index in [1.165, 1.54) is 0 Å². The van der Waals surface area contributed by atoms with Gasteiger partial charge in [-0.2, -0.15) is 0 Å². The summed E-state index contributed by atoms with van der Waals surface area (Å²) in [6, 6.07) is 8.10. The van der Waals surface area contributed by atoms with Crippen molar-refractivity contribution in [3.05, 3.63) is 35.9 Å². The zero-order chi connectivity index (χ0) is 12.0. The summed E-state index contributed by atoms with van der Waals surface area (Å²) in [6.07, 6.45) is 0. The molecule has 0 heterocycles. The number of nitrogens with one attached hydrogen (secondary N) is 1. The van der Waals surface area contributed by atoms with E-state index in [1.54, 1.807) is 38.1 Å². The Morgan fingerprint density at radius 2 is 1.94 bits per heavy atom. The molecule has 1 rings (SSSR count). The third-order valence-electron chi connectivity index (χ3n) is 2.02. The first-order valence-electron chi connectivity index (χ1n) is 5.17. The van der Waals surface area contributed by atoms with Gasteiger partial charge in [-0.05, 0) is 26.0 Å². The second-order valence-electron chi connectivity index (χ2n) is 3.31. The number of benzene rings is 1. The summed E-state index contributed by atoms with van der Waals surface area (Å²) in [4.78, 5) is 22.9. The molecule has 0 radical (unpaired) electrons. The van der Waals surface area contributed by atoms with Crippen LogP contribution < -0.4 is 5.32 Å². The highest BCUT2D eigenvalue weighted by molar-refractivity contribution is 5.96. The van der Waals surface area contributed by atoms with E-state index < -0.39 is 12.0 Å². The molecule has 1 atom stereocenters. The largest absolute Gasteiger partial charge is 0.464 e. The van der Waals surface area contributed by atoms with Gasteiger partial charge in [0.15, 0.2) is 0 Å². The molecule has 0 spiro atoms. The first-order chi connectivity index (χ1) is 7.65. The summed E-state index contributed by atoms with van der Waals surface area (Å²) < 4.78 is 4.79. The van der Waals surface area contributed by atoms with Crippen LogP contribution in [0.4, 0.5) is 0 Å². The van der Waals surface area contributed by atoms with Gasteiger partial charge in [0.25, 0.3) is 5.91 Å². The smallest absolute Gasteiger partial charge is 0.328 e. The van der Waals surface area contributed by atoms with Gasteiger partial charge in [-0.3, -0.25) is 4.79 Å². The van der Waals surface area contributed by atoms with Crippen molar-refractivity contribution in [2.45, 2.75) is 19.9 Å². The lowest BCUT2D eigenvalue weighted by atomic mass is 10.2. The fourth-order valence-electron chi connectivity index (χ4n) is 1.20. The standard InChI is InChI=1S/C12H15NO3/c1-3-16-12(15)9(2)13-11(14)10-7-5-4-6-8-10/h4-9H,3H2,1-2H3,(H,13,14)/t9-/m1/s1. The van der Waals surface area contributed by atoms with Crippen molar-refractivity contribution in [2.24, 2.45) is 0 Å². The van der Waals surface area contributed by atoms with Crippen molar-refractivity contribution in [1.29, 1.82) is 0 Å². The molecule has 0 unspecified atom stereocenters. The molecule has 0 aliphatic rings. The highest BCUT2D eigenvalue weighted by atomic mass is 16.5. The van der Waals surface area contributed by atoms with Gasteiger partial charge in [0.05, 0.1) is 6.61 Å². The SMILES string of the molecule is CCOC(=O)[C@@H](C)NC(=O)c1ccccc1. The number of hydrogen-bond acceptors (Lipinski definition) is 3. The van der Waals surface area contributed by atoms with E-state index in [0.717, 1.165) is 0 Å². The maximum Gasteiger partial charge on any atom is 0.328 e. The van der Waals surface area contributed by atoms with Crippen molar-refractivity contribution in [3.63, 3.8) is 0 Å². The van der Waals surface area contributed by atoms with Crippen LogP contribution in [0.1, 0.15) is 24.2 Å². The molecule has 1 aromatic rings. The Hall–Kier alpha value is -1.84. The lowest BCUT2D eigenvalue weighted by Gasteiger charge is -2.12. The number of carbonyl (C=O) groups excluding carboxylic acids is 2. The van der Waals surface area contributed by atoms with Crippen LogP contribution in [0.15, 0.2) is 30.3 Å². The third-order valence-corrected chi connectivity index (χ3v) is 2.02. The van der Waals surface area contributed by atoms with E-state index in [2.05, 4.69) is 5.32 Å². The number of hydrogen-bond donors (Lipinski definition) is 1. The lowest BCUT2D eigenvalue weighted by Crippen LogP contribution is -2.39. The van der Waals surface area contributed by atoms with Crippen molar-refractivity contribution in [1.82, 2.24) is 5.32 Å². The maximum absolute atomic E-state index is 11.6. The fourth-order valence-corrected chi connectivity index (χ4v) is 1.20. The summed E-state index contributed by atoms with van der Waals surface area (Å²) in [7, 11) is 0. The second-order valence-corrected chi connectivity index (χ2v) is 3.31. The van der Waals surface area contributed by atoms with Crippen LogP contribution in [0, 0.1) is 0 Å². The monoisotopic (exact) mass is 221 g/mol. The molecular formula is C12H15NO3. The van der Waals surface area contributed by atoms with Gasteiger partial charge in [-0.25, -0.2) is 4.79 Å². The summed E-state index contributed by atoms with van der Waals surface area (Å²) in [5, 5.41) is 2.57. The Kier molecular flexibility index (Phi) is 4.51. The Morgan fingerprint density at radius 1 is 1.31 bits per heavy atom. The van der Waals surface area contributed by atoms with Gasteiger partial charge < -0.3 is 10.1 Å². The molecule has 0 bridgehead atoms. The Labute approximate surface area is 94.6 Å². The van der Waals surface area contributed by atoms with Crippen LogP contribution in [-0.4, -0.2) is 24.5 Å². The minimum Gasteiger partial charge on any atom is -0.464 e. The molecule has 0 fully saturated rings. The highest BCUT2D eigenvalue weighted by Crippen LogP contribution is 1.99. The van der Waals surface area contributed by atoms with Crippen LogP contribution in [0.2, 0.25) is 0 Å². The minimum absolute atomic E-state index is 0.277. The summed E-state index contributed by atoms with van der Waals surface area (Å²) in [5.74, 6) is -0.701. The van der Waals surface area contributed by atoms with E-state index in [-0.39, 0.29) is 5.91 Å². The number of ether oxygens (including phenoxy) is 1. The van der Waals surface area contributed by atoms with Crippen LogP contribution in [-0.2, 0) is 9.53 Å². The van der Waals surface area contributed by atoms with Gasteiger partial charge in [-0.1, -0.05) is 18.2 Å². The third kappa shape index (κ3) is 3.38. The highest BCUT2D eigenvalue weighted by Gasteiger charge is 2.16. The molecule has 0 aromatic heterocycles. The summed E-state index contributed by atoms with van der Waals surface area (Å²) >= 11 is 0. The first-order valence-corrected chi connectivity index (χ1v) is 5.17. The van der Waals surface area contributed by atoms with Crippen molar-refractivity contribution < 1.29 is 14.3 Å². The molecule has 16 heavy (non-hydrogen) atoms. The number of amides is 1. The molecule has 1 aromatic carbocycles. The maximum atomic E-state index is 11.6. The quantitative estimate of drug-likeness (QED) is 0.781.